The Morgan fingerprint density at radius 2 is 2.06 bits per heavy atom. The van der Waals surface area contributed by atoms with E-state index in [1.165, 1.54) is 6.20 Å². The zero-order valence-corrected chi connectivity index (χ0v) is 9.50. The highest BCUT2D eigenvalue weighted by atomic mass is 32.2. The second-order valence-corrected chi connectivity index (χ2v) is 5.11. The molecule has 7 nitrogen and oxygen atoms in total. The third kappa shape index (κ3) is 2.16. The Bertz CT molecular complexity index is 513. The molecule has 1 saturated heterocycles. The van der Waals surface area contributed by atoms with Crippen LogP contribution in [0.4, 0.5) is 0 Å². The lowest BCUT2D eigenvalue weighted by molar-refractivity contribution is 0.0101. The fraction of sp³-hybridized carbons (Fsp3) is 0.556. The summed E-state index contributed by atoms with van der Waals surface area (Å²) in [7, 11) is 0. The van der Waals surface area contributed by atoms with Gasteiger partial charge in [-0.3, -0.25) is 14.3 Å². The van der Waals surface area contributed by atoms with Gasteiger partial charge in [0.1, 0.15) is 11.5 Å². The van der Waals surface area contributed by atoms with E-state index in [1.54, 1.807) is 0 Å². The number of nitrogens with zero attached hydrogens (tertiary/aromatic N) is 1. The lowest BCUT2D eigenvalue weighted by Crippen LogP contribution is -2.37. The van der Waals surface area contributed by atoms with E-state index >= 15 is 0 Å². The molecular formula is C9H12N2O5S. The van der Waals surface area contributed by atoms with Crippen LogP contribution in [0.25, 0.3) is 0 Å². The summed E-state index contributed by atoms with van der Waals surface area (Å²) in [6.07, 6.45) is -1.01. The van der Waals surface area contributed by atoms with Gasteiger partial charge >= 0.3 is 5.69 Å². The Hall–Kier alpha value is -1.09. The predicted molar refractivity (Wildman–Crippen MR) is 60.8 cm³/mol. The van der Waals surface area contributed by atoms with Crippen LogP contribution in [0, 0.1) is 0 Å². The van der Waals surface area contributed by atoms with Gasteiger partial charge in [0.05, 0.1) is 18.0 Å². The lowest BCUT2D eigenvalue weighted by atomic mass is 10.1. The van der Waals surface area contributed by atoms with Crippen molar-refractivity contribution in [1.29, 1.82) is 0 Å². The van der Waals surface area contributed by atoms with Crippen LogP contribution in [-0.2, 0) is 0 Å². The van der Waals surface area contributed by atoms with Crippen LogP contribution in [0.1, 0.15) is 5.37 Å². The minimum absolute atomic E-state index is 0.294. The number of aromatic amines is 1. The van der Waals surface area contributed by atoms with Gasteiger partial charge < -0.3 is 15.3 Å². The van der Waals surface area contributed by atoms with Gasteiger partial charge in [0.15, 0.2) is 0 Å². The second kappa shape index (κ2) is 4.65. The maximum Gasteiger partial charge on any atom is 0.329 e. The van der Waals surface area contributed by atoms with Gasteiger partial charge in [-0.25, -0.2) is 4.79 Å². The predicted octanol–water partition coefficient (Wildman–Crippen LogP) is -2.14. The number of aliphatic hydroxyl groups excluding tert-OH is 3. The zero-order valence-electron chi connectivity index (χ0n) is 8.68. The highest BCUT2D eigenvalue weighted by molar-refractivity contribution is 8.00. The Morgan fingerprint density at radius 1 is 1.35 bits per heavy atom. The Kier molecular flexibility index (Phi) is 3.38. The minimum Gasteiger partial charge on any atom is -0.395 e. The first-order chi connectivity index (χ1) is 8.04. The quantitative estimate of drug-likeness (QED) is 0.482. The number of rotatable bonds is 2. The maximum atomic E-state index is 11.5. The van der Waals surface area contributed by atoms with Crippen molar-refractivity contribution in [2.45, 2.75) is 22.8 Å². The first kappa shape index (κ1) is 12.4. The molecule has 0 aromatic carbocycles. The normalized spacial score (nSPS) is 32.9. The number of hydrogen-bond donors (Lipinski definition) is 4. The van der Waals surface area contributed by atoms with Gasteiger partial charge in [0.25, 0.3) is 5.56 Å². The van der Waals surface area contributed by atoms with Crippen molar-refractivity contribution >= 4 is 11.8 Å². The van der Waals surface area contributed by atoms with E-state index in [-0.39, 0.29) is 6.61 Å². The average molecular weight is 260 g/mol. The summed E-state index contributed by atoms with van der Waals surface area (Å²) in [4.78, 5) is 24.5. The molecule has 0 bridgehead atoms. The van der Waals surface area contributed by atoms with Gasteiger partial charge in [0.2, 0.25) is 0 Å². The number of aromatic nitrogens is 2. The highest BCUT2D eigenvalue weighted by Gasteiger charge is 2.43. The number of thioether (sulfide) groups is 1. The van der Waals surface area contributed by atoms with E-state index in [0.717, 1.165) is 22.4 Å². The summed E-state index contributed by atoms with van der Waals surface area (Å²) in [5.74, 6) is 0. The Balaban J connectivity index is 2.35. The van der Waals surface area contributed by atoms with Crippen molar-refractivity contribution in [2.24, 2.45) is 0 Å². The molecule has 1 aliphatic heterocycles. The molecule has 0 radical (unpaired) electrons. The first-order valence-corrected chi connectivity index (χ1v) is 5.93. The average Bonchev–Trinajstić information content (AvgIpc) is 2.57. The summed E-state index contributed by atoms with van der Waals surface area (Å²) in [5.41, 5.74) is -1.18. The molecule has 4 N–H and O–H groups in total. The molecule has 0 amide bonds. The summed E-state index contributed by atoms with van der Waals surface area (Å²) < 4.78 is 1.13. The van der Waals surface area contributed by atoms with Gasteiger partial charge in [-0.15, -0.1) is 11.8 Å². The summed E-state index contributed by atoms with van der Waals surface area (Å²) in [6.45, 7) is -0.294. The molecule has 1 aromatic rings. The maximum absolute atomic E-state index is 11.5. The zero-order chi connectivity index (χ0) is 12.6. The minimum atomic E-state index is -1.17. The molecule has 0 saturated carbocycles. The fourth-order valence-corrected chi connectivity index (χ4v) is 3.12. The van der Waals surface area contributed by atoms with Crippen LogP contribution in [0.3, 0.4) is 0 Å². The molecule has 1 fully saturated rings. The molecule has 0 aliphatic carbocycles. The number of nitrogens with one attached hydrogen (secondary N) is 1. The van der Waals surface area contributed by atoms with E-state index in [1.807, 2.05) is 0 Å². The molecule has 8 heteroatoms. The third-order valence-electron chi connectivity index (χ3n) is 2.64. The number of aliphatic hydroxyl groups is 3. The van der Waals surface area contributed by atoms with Gasteiger partial charge in [-0.05, 0) is 0 Å². The van der Waals surface area contributed by atoms with Crippen LogP contribution < -0.4 is 11.2 Å². The summed E-state index contributed by atoms with van der Waals surface area (Å²) in [6, 6.07) is 1.16. The van der Waals surface area contributed by atoms with Crippen molar-refractivity contribution in [3.63, 3.8) is 0 Å². The smallest absolute Gasteiger partial charge is 0.329 e. The van der Waals surface area contributed by atoms with E-state index < -0.39 is 34.1 Å². The fourth-order valence-electron chi connectivity index (χ4n) is 1.74. The van der Waals surface area contributed by atoms with Crippen molar-refractivity contribution in [1.82, 2.24) is 9.55 Å². The molecule has 94 valence electrons. The van der Waals surface area contributed by atoms with Gasteiger partial charge in [-0.2, -0.15) is 0 Å². The van der Waals surface area contributed by atoms with Crippen LogP contribution in [0.5, 0.6) is 0 Å². The van der Waals surface area contributed by atoms with Crippen LogP contribution in [0.15, 0.2) is 21.9 Å². The molecule has 0 spiro atoms. The molecule has 4 atom stereocenters. The Morgan fingerprint density at radius 3 is 2.59 bits per heavy atom. The van der Waals surface area contributed by atoms with Crippen molar-refractivity contribution in [3.8, 4) is 0 Å². The molecule has 1 aromatic heterocycles. The third-order valence-corrected chi connectivity index (χ3v) is 4.20. The summed E-state index contributed by atoms with van der Waals surface area (Å²) >= 11 is 1.09. The molecule has 2 heterocycles. The van der Waals surface area contributed by atoms with Gasteiger partial charge in [0, 0.05) is 12.3 Å². The van der Waals surface area contributed by atoms with E-state index in [2.05, 4.69) is 4.98 Å². The SMILES string of the molecule is O=c1ccn([C@H]2S[C@@H](CO)[C@@H](O)[C@@H]2O)c(=O)[nH]1. The first-order valence-electron chi connectivity index (χ1n) is 4.98. The van der Waals surface area contributed by atoms with Crippen molar-refractivity contribution in [2.75, 3.05) is 6.61 Å². The largest absolute Gasteiger partial charge is 0.395 e. The Labute approximate surface area is 99.7 Å². The lowest BCUT2D eigenvalue weighted by Gasteiger charge is -2.17. The van der Waals surface area contributed by atoms with Crippen molar-refractivity contribution in [3.05, 3.63) is 33.1 Å². The molecule has 0 unspecified atom stereocenters. The molecule has 2 rings (SSSR count). The standard InChI is InChI=1S/C9H12N2O5S/c12-3-4-6(14)7(15)8(17-4)11-2-1-5(13)10-9(11)16/h1-2,4,6-8,12,14-15H,3H2,(H,10,13,16)/t4-,6+,7-,8-/m0/s1. The number of hydrogen-bond acceptors (Lipinski definition) is 6. The number of H-pyrrole nitrogens is 1. The highest BCUT2D eigenvalue weighted by Crippen LogP contribution is 2.40. The van der Waals surface area contributed by atoms with Crippen LogP contribution >= 0.6 is 11.8 Å². The van der Waals surface area contributed by atoms with Crippen LogP contribution in [-0.4, -0.2) is 48.9 Å². The topological polar surface area (TPSA) is 116 Å². The second-order valence-electron chi connectivity index (χ2n) is 3.75. The van der Waals surface area contributed by atoms with E-state index in [4.69, 9.17) is 5.11 Å². The van der Waals surface area contributed by atoms with Crippen LogP contribution in [0.2, 0.25) is 0 Å². The van der Waals surface area contributed by atoms with E-state index in [0.29, 0.717) is 0 Å². The summed E-state index contributed by atoms with van der Waals surface area (Å²) in [5, 5.41) is 27.1. The van der Waals surface area contributed by atoms with E-state index in [9.17, 15) is 19.8 Å². The molecule has 17 heavy (non-hydrogen) atoms. The molecule has 1 aliphatic rings. The monoisotopic (exact) mass is 260 g/mol. The molecular weight excluding hydrogens is 248 g/mol. The van der Waals surface area contributed by atoms with Crippen molar-refractivity contribution < 1.29 is 15.3 Å². The van der Waals surface area contributed by atoms with Gasteiger partial charge in [-0.1, -0.05) is 0 Å².